The van der Waals surface area contributed by atoms with Gasteiger partial charge in [-0.3, -0.25) is 0 Å². The van der Waals surface area contributed by atoms with Gasteiger partial charge in [-0.1, -0.05) is 12.5 Å². The molecule has 1 aromatic carbocycles. The van der Waals surface area contributed by atoms with Gasteiger partial charge in [-0.2, -0.15) is 4.31 Å². The number of piperidine rings is 1. The Kier molecular flexibility index (Phi) is 5.22. The highest BCUT2D eigenvalue weighted by Gasteiger charge is 2.26. The van der Waals surface area contributed by atoms with Crippen molar-refractivity contribution in [1.82, 2.24) is 9.29 Å². The normalized spacial score (nSPS) is 16.2. The van der Waals surface area contributed by atoms with Crippen molar-refractivity contribution in [3.05, 3.63) is 39.8 Å². The van der Waals surface area contributed by atoms with Gasteiger partial charge >= 0.3 is 0 Å². The lowest BCUT2D eigenvalue weighted by Crippen LogP contribution is -2.35. The molecular formula is C17H23N3O2S2. The first-order valence-electron chi connectivity index (χ1n) is 8.22. The molecule has 0 atom stereocenters. The number of nitrogens with one attached hydrogen (secondary N) is 1. The van der Waals surface area contributed by atoms with Gasteiger partial charge in [0.1, 0.15) is 0 Å². The minimum Gasteiger partial charge on any atom is -0.380 e. The van der Waals surface area contributed by atoms with E-state index in [9.17, 15) is 8.42 Å². The van der Waals surface area contributed by atoms with Crippen molar-refractivity contribution in [3.8, 4) is 0 Å². The van der Waals surface area contributed by atoms with E-state index in [2.05, 4.69) is 10.3 Å². The molecule has 0 amide bonds. The van der Waals surface area contributed by atoms with Gasteiger partial charge in [0.25, 0.3) is 0 Å². The molecular weight excluding hydrogens is 342 g/mol. The topological polar surface area (TPSA) is 62.3 Å². The first-order chi connectivity index (χ1) is 11.5. The van der Waals surface area contributed by atoms with Crippen molar-refractivity contribution in [3.63, 3.8) is 0 Å². The Bertz CT molecular complexity index is 809. The fourth-order valence-corrected chi connectivity index (χ4v) is 5.14. The molecule has 0 radical (unpaired) electrons. The zero-order chi connectivity index (χ0) is 17.2. The van der Waals surface area contributed by atoms with Gasteiger partial charge in [-0.05, 0) is 44.4 Å². The average molecular weight is 366 g/mol. The van der Waals surface area contributed by atoms with Crippen LogP contribution in [0.1, 0.15) is 35.4 Å². The Labute approximate surface area is 147 Å². The molecule has 0 spiro atoms. The third kappa shape index (κ3) is 3.63. The van der Waals surface area contributed by atoms with Crippen LogP contribution < -0.4 is 5.32 Å². The maximum atomic E-state index is 12.8. The van der Waals surface area contributed by atoms with E-state index in [1.165, 1.54) is 4.88 Å². The first-order valence-corrected chi connectivity index (χ1v) is 10.5. The van der Waals surface area contributed by atoms with E-state index in [1.807, 2.05) is 25.4 Å². The maximum Gasteiger partial charge on any atom is 0.243 e. The molecule has 130 valence electrons. The molecule has 0 unspecified atom stereocenters. The molecule has 0 saturated carbocycles. The van der Waals surface area contributed by atoms with Crippen LogP contribution in [0, 0.1) is 13.8 Å². The molecule has 1 saturated heterocycles. The zero-order valence-corrected chi connectivity index (χ0v) is 15.7. The smallest absolute Gasteiger partial charge is 0.243 e. The molecule has 24 heavy (non-hydrogen) atoms. The summed E-state index contributed by atoms with van der Waals surface area (Å²) in [6.07, 6.45) is 3.00. The fraction of sp³-hybridized carbons (Fsp3) is 0.471. The molecule has 1 fully saturated rings. The number of rotatable bonds is 5. The minimum absolute atomic E-state index is 0.374. The number of aryl methyl sites for hydroxylation is 2. The van der Waals surface area contributed by atoms with Crippen molar-refractivity contribution in [2.75, 3.05) is 18.4 Å². The Morgan fingerprint density at radius 1 is 1.21 bits per heavy atom. The number of sulfonamides is 1. The molecule has 2 heterocycles. The van der Waals surface area contributed by atoms with Gasteiger partial charge in [0.05, 0.1) is 22.6 Å². The van der Waals surface area contributed by atoms with Crippen molar-refractivity contribution in [2.45, 2.75) is 44.6 Å². The second-order valence-electron chi connectivity index (χ2n) is 6.16. The van der Waals surface area contributed by atoms with Crippen molar-refractivity contribution in [2.24, 2.45) is 0 Å². The van der Waals surface area contributed by atoms with Gasteiger partial charge in [-0.15, -0.1) is 11.3 Å². The van der Waals surface area contributed by atoms with Crippen LogP contribution in [0.25, 0.3) is 0 Å². The van der Waals surface area contributed by atoms with Crippen LogP contribution in [0.2, 0.25) is 0 Å². The van der Waals surface area contributed by atoms with Gasteiger partial charge in [0.2, 0.25) is 10.0 Å². The number of benzene rings is 1. The van der Waals surface area contributed by atoms with Crippen molar-refractivity contribution < 1.29 is 8.42 Å². The van der Waals surface area contributed by atoms with Gasteiger partial charge in [0, 0.05) is 23.7 Å². The third-order valence-electron chi connectivity index (χ3n) is 4.45. The van der Waals surface area contributed by atoms with Crippen LogP contribution >= 0.6 is 11.3 Å². The van der Waals surface area contributed by atoms with Crippen LogP contribution in [-0.2, 0) is 16.6 Å². The molecule has 2 aromatic rings. The molecule has 1 aromatic heterocycles. The van der Waals surface area contributed by atoms with Crippen LogP contribution in [0.5, 0.6) is 0 Å². The Balaban J connectivity index is 1.81. The predicted octanol–water partition coefficient (Wildman–Crippen LogP) is 3.55. The summed E-state index contributed by atoms with van der Waals surface area (Å²) in [5.74, 6) is 0. The lowest BCUT2D eigenvalue weighted by atomic mass is 10.2. The maximum absolute atomic E-state index is 12.8. The predicted molar refractivity (Wildman–Crippen MR) is 98.0 cm³/mol. The number of aromatic nitrogens is 1. The Morgan fingerprint density at radius 2 is 1.96 bits per heavy atom. The molecule has 7 heteroatoms. The minimum atomic E-state index is -3.40. The van der Waals surface area contributed by atoms with E-state index >= 15 is 0 Å². The monoisotopic (exact) mass is 365 g/mol. The zero-order valence-electron chi connectivity index (χ0n) is 14.1. The highest BCUT2D eigenvalue weighted by Crippen LogP contribution is 2.26. The summed E-state index contributed by atoms with van der Waals surface area (Å²) >= 11 is 1.61. The summed E-state index contributed by atoms with van der Waals surface area (Å²) in [6.45, 7) is 5.87. The fourth-order valence-electron chi connectivity index (χ4n) is 2.88. The average Bonchev–Trinajstić information content (AvgIpc) is 3.00. The number of nitrogens with zero attached hydrogens (tertiary/aromatic N) is 2. The lowest BCUT2D eigenvalue weighted by Gasteiger charge is -2.26. The van der Waals surface area contributed by atoms with E-state index in [0.29, 0.717) is 24.5 Å². The number of anilines is 1. The number of hydrogen-bond acceptors (Lipinski definition) is 5. The quantitative estimate of drug-likeness (QED) is 0.880. The number of hydrogen-bond donors (Lipinski definition) is 1. The van der Waals surface area contributed by atoms with E-state index in [0.717, 1.165) is 36.2 Å². The molecule has 1 N–H and O–H groups in total. The summed E-state index contributed by atoms with van der Waals surface area (Å²) < 4.78 is 27.3. The molecule has 0 bridgehead atoms. The van der Waals surface area contributed by atoms with E-state index in [1.54, 1.807) is 27.8 Å². The SMILES string of the molecule is Cc1ccc(S(=O)(=O)N2CCCCC2)cc1NCc1scnc1C. The molecule has 0 aliphatic carbocycles. The summed E-state index contributed by atoms with van der Waals surface area (Å²) in [4.78, 5) is 5.78. The van der Waals surface area contributed by atoms with Crippen LogP contribution in [0.3, 0.4) is 0 Å². The molecule has 5 nitrogen and oxygen atoms in total. The molecule has 1 aliphatic heterocycles. The largest absolute Gasteiger partial charge is 0.380 e. The third-order valence-corrected chi connectivity index (χ3v) is 7.28. The summed E-state index contributed by atoms with van der Waals surface area (Å²) in [5, 5.41) is 3.36. The first kappa shape index (κ1) is 17.4. The summed E-state index contributed by atoms with van der Waals surface area (Å²) in [7, 11) is -3.40. The van der Waals surface area contributed by atoms with Gasteiger partial charge in [-0.25, -0.2) is 13.4 Å². The van der Waals surface area contributed by atoms with E-state index in [4.69, 9.17) is 0 Å². The Hall–Kier alpha value is -1.44. The highest BCUT2D eigenvalue weighted by molar-refractivity contribution is 7.89. The Morgan fingerprint density at radius 3 is 2.62 bits per heavy atom. The van der Waals surface area contributed by atoms with Crippen molar-refractivity contribution in [1.29, 1.82) is 0 Å². The lowest BCUT2D eigenvalue weighted by molar-refractivity contribution is 0.346. The van der Waals surface area contributed by atoms with Crippen LogP contribution in [0.4, 0.5) is 5.69 Å². The molecule has 3 rings (SSSR count). The second-order valence-corrected chi connectivity index (χ2v) is 9.03. The summed E-state index contributed by atoms with van der Waals surface area (Å²) in [5.41, 5.74) is 4.74. The van der Waals surface area contributed by atoms with Gasteiger partial charge < -0.3 is 5.32 Å². The van der Waals surface area contributed by atoms with E-state index in [-0.39, 0.29) is 0 Å². The second kappa shape index (κ2) is 7.21. The molecule has 1 aliphatic rings. The van der Waals surface area contributed by atoms with Gasteiger partial charge in [0.15, 0.2) is 0 Å². The van der Waals surface area contributed by atoms with E-state index < -0.39 is 10.0 Å². The van der Waals surface area contributed by atoms with Crippen LogP contribution in [0.15, 0.2) is 28.6 Å². The van der Waals surface area contributed by atoms with Crippen LogP contribution in [-0.4, -0.2) is 30.8 Å². The van der Waals surface area contributed by atoms with Crippen molar-refractivity contribution >= 4 is 27.0 Å². The highest BCUT2D eigenvalue weighted by atomic mass is 32.2. The number of thiazole rings is 1. The summed E-state index contributed by atoms with van der Waals surface area (Å²) in [6, 6.07) is 5.34. The standard InChI is InChI=1S/C17H23N3O2S2/c1-13-6-7-15(24(21,22)20-8-4-3-5-9-20)10-16(13)18-11-17-14(2)19-12-23-17/h6-7,10,12,18H,3-5,8-9,11H2,1-2H3.